The maximum absolute atomic E-state index is 10.2. The highest BCUT2D eigenvalue weighted by atomic mass is 32.1. The molecule has 0 saturated carbocycles. The fraction of sp³-hybridized carbons (Fsp3) is 0.312. The van der Waals surface area contributed by atoms with E-state index in [9.17, 15) is 5.11 Å². The summed E-state index contributed by atoms with van der Waals surface area (Å²) in [5.41, 5.74) is 1.83. The van der Waals surface area contributed by atoms with Crippen LogP contribution in [0.25, 0.3) is 0 Å². The van der Waals surface area contributed by atoms with Crippen molar-refractivity contribution in [1.82, 2.24) is 5.32 Å². The molecule has 0 bridgehead atoms. The minimum absolute atomic E-state index is 0.00263. The smallest absolute Gasteiger partial charge is 0.100 e. The van der Waals surface area contributed by atoms with Crippen LogP contribution >= 0.6 is 11.3 Å². The summed E-state index contributed by atoms with van der Waals surface area (Å²) < 4.78 is 0. The molecule has 0 spiro atoms. The van der Waals surface area contributed by atoms with Crippen molar-refractivity contribution in [1.29, 1.82) is 5.26 Å². The van der Waals surface area contributed by atoms with Gasteiger partial charge in [-0.15, -0.1) is 11.3 Å². The van der Waals surface area contributed by atoms with Gasteiger partial charge in [-0.1, -0.05) is 30.3 Å². The summed E-state index contributed by atoms with van der Waals surface area (Å²) in [6.45, 7) is 2.66. The zero-order valence-corrected chi connectivity index (χ0v) is 12.2. The number of hydrogen-bond donors (Lipinski definition) is 2. The molecule has 2 atom stereocenters. The molecule has 1 aromatic carbocycles. The second-order valence-corrected chi connectivity index (χ2v) is 5.84. The van der Waals surface area contributed by atoms with Gasteiger partial charge in [-0.2, -0.15) is 5.26 Å². The Morgan fingerprint density at radius 1 is 1.35 bits per heavy atom. The van der Waals surface area contributed by atoms with Crippen LogP contribution in [0.3, 0.4) is 0 Å². The molecular formula is C16H18N2OS. The lowest BCUT2D eigenvalue weighted by molar-refractivity contribution is 0.134. The third-order valence-electron chi connectivity index (χ3n) is 3.25. The van der Waals surface area contributed by atoms with E-state index in [0.717, 1.165) is 10.4 Å². The van der Waals surface area contributed by atoms with Crippen molar-refractivity contribution < 1.29 is 5.11 Å². The molecule has 2 N–H and O–H groups in total. The Morgan fingerprint density at radius 2 is 2.10 bits per heavy atom. The van der Waals surface area contributed by atoms with Crippen molar-refractivity contribution in [3.63, 3.8) is 0 Å². The Balaban J connectivity index is 1.82. The zero-order chi connectivity index (χ0) is 14.4. The van der Waals surface area contributed by atoms with E-state index in [1.54, 1.807) is 11.3 Å². The largest absolute Gasteiger partial charge is 0.391 e. The average Bonchev–Trinajstić information content (AvgIpc) is 2.93. The summed E-state index contributed by atoms with van der Waals surface area (Å²) in [4.78, 5) is 1.11. The van der Waals surface area contributed by atoms with Crippen molar-refractivity contribution in [3.05, 3.63) is 57.8 Å². The third-order valence-corrected chi connectivity index (χ3v) is 4.18. The van der Waals surface area contributed by atoms with E-state index in [1.165, 1.54) is 0 Å². The number of aliphatic hydroxyl groups is 1. The van der Waals surface area contributed by atoms with Gasteiger partial charge in [0.2, 0.25) is 0 Å². The highest BCUT2D eigenvalue weighted by Crippen LogP contribution is 2.14. The van der Waals surface area contributed by atoms with Gasteiger partial charge in [-0.3, -0.25) is 0 Å². The Hall–Kier alpha value is -1.67. The van der Waals surface area contributed by atoms with Crippen molar-refractivity contribution in [2.75, 3.05) is 0 Å². The summed E-state index contributed by atoms with van der Waals surface area (Å²) in [6.07, 6.45) is 0.218. The maximum atomic E-state index is 10.2. The molecule has 4 heteroatoms. The second-order valence-electron chi connectivity index (χ2n) is 4.84. The second kappa shape index (κ2) is 7.20. The quantitative estimate of drug-likeness (QED) is 0.858. The lowest BCUT2D eigenvalue weighted by atomic mass is 10.0. The van der Waals surface area contributed by atoms with E-state index in [4.69, 9.17) is 5.26 Å². The van der Waals surface area contributed by atoms with Gasteiger partial charge >= 0.3 is 0 Å². The van der Waals surface area contributed by atoms with E-state index in [1.807, 2.05) is 48.7 Å². The SMILES string of the molecule is CC(NCc1cc(C#N)cs1)C(O)Cc1ccccc1. The average molecular weight is 286 g/mol. The zero-order valence-electron chi connectivity index (χ0n) is 11.4. The fourth-order valence-corrected chi connectivity index (χ4v) is 2.72. The molecule has 0 amide bonds. The first-order chi connectivity index (χ1) is 9.69. The van der Waals surface area contributed by atoms with E-state index in [2.05, 4.69) is 11.4 Å². The van der Waals surface area contributed by atoms with Crippen molar-refractivity contribution in [2.24, 2.45) is 0 Å². The number of aliphatic hydroxyl groups excluding tert-OH is 1. The van der Waals surface area contributed by atoms with Gasteiger partial charge in [0, 0.05) is 22.8 Å². The summed E-state index contributed by atoms with van der Waals surface area (Å²) in [5, 5.41) is 24.1. The molecule has 0 radical (unpaired) electrons. The topological polar surface area (TPSA) is 56.0 Å². The van der Waals surface area contributed by atoms with Crippen molar-refractivity contribution >= 4 is 11.3 Å². The van der Waals surface area contributed by atoms with Gasteiger partial charge in [-0.25, -0.2) is 0 Å². The monoisotopic (exact) mass is 286 g/mol. The molecule has 0 saturated heterocycles. The van der Waals surface area contributed by atoms with E-state index in [0.29, 0.717) is 18.5 Å². The van der Waals surface area contributed by atoms with E-state index in [-0.39, 0.29) is 6.04 Å². The third kappa shape index (κ3) is 4.17. The number of hydrogen-bond acceptors (Lipinski definition) is 4. The summed E-state index contributed by atoms with van der Waals surface area (Å²) in [6, 6.07) is 14.0. The van der Waals surface area contributed by atoms with Crippen LogP contribution in [-0.4, -0.2) is 17.3 Å². The van der Waals surface area contributed by atoms with Crippen LogP contribution in [0.15, 0.2) is 41.8 Å². The van der Waals surface area contributed by atoms with E-state index < -0.39 is 6.10 Å². The predicted octanol–water partition coefficient (Wildman–Crippen LogP) is 2.70. The maximum Gasteiger partial charge on any atom is 0.100 e. The Bertz CT molecular complexity index is 574. The standard InChI is InChI=1S/C16H18N2OS/c1-12(16(19)8-13-5-3-2-4-6-13)18-10-15-7-14(9-17)11-20-15/h2-7,11-12,16,18-19H,8,10H2,1H3. The van der Waals surface area contributed by atoms with Crippen molar-refractivity contribution in [3.8, 4) is 6.07 Å². The lowest BCUT2D eigenvalue weighted by Gasteiger charge is -2.20. The van der Waals surface area contributed by atoms with Crippen LogP contribution in [0.5, 0.6) is 0 Å². The molecule has 2 unspecified atom stereocenters. The van der Waals surface area contributed by atoms with Gasteiger partial charge in [0.05, 0.1) is 11.7 Å². The Labute approximate surface area is 123 Å². The summed E-state index contributed by atoms with van der Waals surface area (Å²) in [7, 11) is 0. The number of thiophene rings is 1. The Morgan fingerprint density at radius 3 is 2.75 bits per heavy atom. The minimum Gasteiger partial charge on any atom is -0.391 e. The van der Waals surface area contributed by atoms with E-state index >= 15 is 0 Å². The fourth-order valence-electron chi connectivity index (χ4n) is 1.96. The molecule has 3 nitrogen and oxygen atoms in total. The molecule has 1 heterocycles. The molecule has 2 rings (SSSR count). The molecule has 1 aromatic heterocycles. The van der Waals surface area contributed by atoms with Gasteiger partial charge in [0.25, 0.3) is 0 Å². The molecule has 104 valence electrons. The van der Waals surface area contributed by atoms with Crippen LogP contribution in [0.2, 0.25) is 0 Å². The molecular weight excluding hydrogens is 268 g/mol. The summed E-state index contributed by atoms with van der Waals surface area (Å²) >= 11 is 1.57. The molecule has 2 aromatic rings. The van der Waals surface area contributed by atoms with Crippen LogP contribution < -0.4 is 5.32 Å². The predicted molar refractivity (Wildman–Crippen MR) is 81.5 cm³/mol. The van der Waals surface area contributed by atoms with Crippen molar-refractivity contribution in [2.45, 2.75) is 32.0 Å². The molecule has 0 aliphatic heterocycles. The van der Waals surface area contributed by atoms with Gasteiger partial charge in [0.1, 0.15) is 6.07 Å². The van der Waals surface area contributed by atoms with Gasteiger partial charge in [0.15, 0.2) is 0 Å². The molecule has 0 fully saturated rings. The highest BCUT2D eigenvalue weighted by molar-refractivity contribution is 7.10. The summed E-state index contributed by atoms with van der Waals surface area (Å²) in [5.74, 6) is 0. The lowest BCUT2D eigenvalue weighted by Crippen LogP contribution is -2.38. The highest BCUT2D eigenvalue weighted by Gasteiger charge is 2.14. The molecule has 0 aliphatic carbocycles. The van der Waals surface area contributed by atoms with Crippen LogP contribution in [-0.2, 0) is 13.0 Å². The van der Waals surface area contributed by atoms with Crippen LogP contribution in [0, 0.1) is 11.3 Å². The first kappa shape index (κ1) is 14.7. The van der Waals surface area contributed by atoms with Crippen LogP contribution in [0.4, 0.5) is 0 Å². The number of benzene rings is 1. The minimum atomic E-state index is -0.423. The normalized spacial score (nSPS) is 13.7. The van der Waals surface area contributed by atoms with Crippen LogP contribution in [0.1, 0.15) is 22.9 Å². The van der Waals surface area contributed by atoms with Gasteiger partial charge < -0.3 is 10.4 Å². The Kier molecular flexibility index (Phi) is 5.31. The number of nitriles is 1. The first-order valence-corrected chi connectivity index (χ1v) is 7.50. The molecule has 20 heavy (non-hydrogen) atoms. The van der Waals surface area contributed by atoms with Gasteiger partial charge in [-0.05, 0) is 25.0 Å². The number of nitrogens with one attached hydrogen (secondary N) is 1. The molecule has 0 aliphatic rings. The number of rotatable bonds is 6. The first-order valence-electron chi connectivity index (χ1n) is 6.62. The number of nitrogens with zero attached hydrogens (tertiary/aromatic N) is 1.